The first-order valence-electron chi connectivity index (χ1n) is 5.57. The quantitative estimate of drug-likeness (QED) is 0.848. The highest BCUT2D eigenvalue weighted by Crippen LogP contribution is 2.30. The van der Waals surface area contributed by atoms with Gasteiger partial charge in [0, 0.05) is 11.8 Å². The maximum absolute atomic E-state index is 13.8. The lowest BCUT2D eigenvalue weighted by Crippen LogP contribution is -2.13. The van der Waals surface area contributed by atoms with Gasteiger partial charge < -0.3 is 11.1 Å². The number of pyridine rings is 1. The Labute approximate surface area is 124 Å². The van der Waals surface area contributed by atoms with Crippen LogP contribution in [0, 0.1) is 18.6 Å². The van der Waals surface area contributed by atoms with Crippen LogP contribution in [0.4, 0.5) is 20.3 Å². The summed E-state index contributed by atoms with van der Waals surface area (Å²) in [7, 11) is 0. The summed E-state index contributed by atoms with van der Waals surface area (Å²) in [5.41, 5.74) is 6.64. The van der Waals surface area contributed by atoms with Crippen molar-refractivity contribution in [3.05, 3.63) is 52.2 Å². The molecule has 1 aromatic carbocycles. The van der Waals surface area contributed by atoms with E-state index in [0.717, 1.165) is 12.1 Å². The molecule has 1 heterocycles. The first-order chi connectivity index (χ1) is 9.38. The predicted octanol–water partition coefficient (Wildman–Crippen LogP) is 3.70. The molecule has 0 radical (unpaired) electrons. The van der Waals surface area contributed by atoms with Crippen molar-refractivity contribution in [1.82, 2.24) is 4.98 Å². The number of nitrogens with two attached hydrogens (primary N) is 1. The molecule has 2 rings (SSSR count). The van der Waals surface area contributed by atoms with Crippen LogP contribution in [-0.2, 0) is 0 Å². The lowest BCUT2D eigenvalue weighted by Gasteiger charge is -2.13. The Morgan fingerprint density at radius 3 is 2.65 bits per heavy atom. The zero-order chi connectivity index (χ0) is 14.9. The van der Waals surface area contributed by atoms with Gasteiger partial charge in [-0.15, -0.1) is 0 Å². The van der Waals surface area contributed by atoms with Crippen LogP contribution in [0.1, 0.15) is 11.3 Å². The van der Waals surface area contributed by atoms with Crippen molar-refractivity contribution in [3.63, 3.8) is 0 Å². The normalized spacial score (nSPS) is 10.4. The Bertz CT molecular complexity index is 668. The van der Waals surface area contributed by atoms with E-state index in [1.54, 1.807) is 19.1 Å². The fraction of sp³-hybridized carbons (Fsp3) is 0.0769. The van der Waals surface area contributed by atoms with Crippen molar-refractivity contribution in [3.8, 4) is 0 Å². The number of aromatic nitrogens is 1. The fourth-order valence-electron chi connectivity index (χ4n) is 1.63. The number of aryl methyl sites for hydroxylation is 1. The first-order valence-corrected chi connectivity index (χ1v) is 6.36. The van der Waals surface area contributed by atoms with E-state index in [2.05, 4.69) is 10.3 Å². The van der Waals surface area contributed by atoms with E-state index in [-0.39, 0.29) is 21.5 Å². The minimum Gasteiger partial charge on any atom is -0.389 e. The Balaban J connectivity index is 2.50. The van der Waals surface area contributed by atoms with Crippen LogP contribution < -0.4 is 11.1 Å². The van der Waals surface area contributed by atoms with Gasteiger partial charge in [0.05, 0.1) is 16.3 Å². The van der Waals surface area contributed by atoms with Crippen molar-refractivity contribution in [1.29, 1.82) is 0 Å². The number of hydrogen-bond donors (Lipinski definition) is 2. The number of halogens is 3. The number of nitrogens with one attached hydrogen (secondary N) is 1. The van der Waals surface area contributed by atoms with E-state index < -0.39 is 11.6 Å². The molecule has 20 heavy (non-hydrogen) atoms. The van der Waals surface area contributed by atoms with Crippen LogP contribution in [0.2, 0.25) is 5.02 Å². The van der Waals surface area contributed by atoms with Crippen molar-refractivity contribution in [2.75, 3.05) is 5.32 Å². The molecule has 0 saturated heterocycles. The van der Waals surface area contributed by atoms with E-state index in [4.69, 9.17) is 29.6 Å². The van der Waals surface area contributed by atoms with E-state index in [1.165, 1.54) is 0 Å². The van der Waals surface area contributed by atoms with Gasteiger partial charge in [0.1, 0.15) is 16.6 Å². The van der Waals surface area contributed by atoms with E-state index in [1.807, 2.05) is 0 Å². The van der Waals surface area contributed by atoms with Gasteiger partial charge >= 0.3 is 0 Å². The largest absolute Gasteiger partial charge is 0.389 e. The standard InChI is InChI=1S/C13H10ClF2N3S/c1-6-2-3-8(12(17)20)13(18-6)19-11-9(14)4-7(15)5-10(11)16/h2-5H,1H3,(H2,17,20)(H,18,19). The molecule has 0 amide bonds. The van der Waals surface area contributed by atoms with E-state index in [9.17, 15) is 8.78 Å². The Morgan fingerprint density at radius 1 is 1.35 bits per heavy atom. The third kappa shape index (κ3) is 3.02. The first kappa shape index (κ1) is 14.6. The van der Waals surface area contributed by atoms with E-state index in [0.29, 0.717) is 11.3 Å². The van der Waals surface area contributed by atoms with Crippen molar-refractivity contribution < 1.29 is 8.78 Å². The second-order valence-electron chi connectivity index (χ2n) is 4.08. The summed E-state index contributed by atoms with van der Waals surface area (Å²) in [6, 6.07) is 5.12. The second-order valence-corrected chi connectivity index (χ2v) is 4.93. The maximum Gasteiger partial charge on any atom is 0.151 e. The van der Waals surface area contributed by atoms with Gasteiger partial charge in [-0.05, 0) is 25.1 Å². The topological polar surface area (TPSA) is 50.9 Å². The summed E-state index contributed by atoms with van der Waals surface area (Å²) in [5.74, 6) is -1.32. The lowest BCUT2D eigenvalue weighted by molar-refractivity contribution is 0.586. The molecule has 3 N–H and O–H groups in total. The number of nitrogens with zero attached hydrogens (tertiary/aromatic N) is 1. The number of anilines is 2. The van der Waals surface area contributed by atoms with Gasteiger partial charge in [-0.2, -0.15) is 0 Å². The molecule has 3 nitrogen and oxygen atoms in total. The van der Waals surface area contributed by atoms with Crippen LogP contribution in [0.3, 0.4) is 0 Å². The highest BCUT2D eigenvalue weighted by atomic mass is 35.5. The van der Waals surface area contributed by atoms with Gasteiger partial charge in [-0.25, -0.2) is 13.8 Å². The summed E-state index contributed by atoms with van der Waals surface area (Å²) in [4.78, 5) is 4.31. The molecule has 104 valence electrons. The maximum atomic E-state index is 13.8. The van der Waals surface area contributed by atoms with E-state index >= 15 is 0 Å². The Morgan fingerprint density at radius 2 is 2.05 bits per heavy atom. The number of rotatable bonds is 3. The zero-order valence-corrected chi connectivity index (χ0v) is 11.9. The number of thiocarbonyl (C=S) groups is 1. The highest BCUT2D eigenvalue weighted by molar-refractivity contribution is 7.80. The summed E-state index contributed by atoms with van der Waals surface area (Å²) >= 11 is 10.7. The lowest BCUT2D eigenvalue weighted by atomic mass is 10.2. The molecular weight excluding hydrogens is 304 g/mol. The van der Waals surface area contributed by atoms with Crippen LogP contribution in [0.15, 0.2) is 24.3 Å². The summed E-state index contributed by atoms with van der Waals surface area (Å²) in [6.07, 6.45) is 0. The van der Waals surface area contributed by atoms with Gasteiger partial charge in [0.25, 0.3) is 0 Å². The van der Waals surface area contributed by atoms with Crippen molar-refractivity contribution >= 4 is 40.3 Å². The number of benzene rings is 1. The van der Waals surface area contributed by atoms with Crippen molar-refractivity contribution in [2.24, 2.45) is 5.73 Å². The minimum absolute atomic E-state index is 0.0799. The van der Waals surface area contributed by atoms with Gasteiger partial charge in [-0.1, -0.05) is 23.8 Å². The molecular formula is C13H10ClF2N3S. The van der Waals surface area contributed by atoms with Crippen LogP contribution in [-0.4, -0.2) is 9.97 Å². The highest BCUT2D eigenvalue weighted by Gasteiger charge is 2.14. The predicted molar refractivity (Wildman–Crippen MR) is 79.5 cm³/mol. The molecule has 0 aliphatic heterocycles. The summed E-state index contributed by atoms with van der Waals surface area (Å²) in [6.45, 7) is 1.76. The average molecular weight is 314 g/mol. The second kappa shape index (κ2) is 5.68. The average Bonchev–Trinajstić information content (AvgIpc) is 2.33. The molecule has 7 heteroatoms. The zero-order valence-electron chi connectivity index (χ0n) is 10.4. The summed E-state index contributed by atoms with van der Waals surface area (Å²) < 4.78 is 26.8. The van der Waals surface area contributed by atoms with Gasteiger partial charge in [-0.3, -0.25) is 0 Å². The van der Waals surface area contributed by atoms with Crippen molar-refractivity contribution in [2.45, 2.75) is 6.92 Å². The van der Waals surface area contributed by atoms with Crippen LogP contribution in [0.5, 0.6) is 0 Å². The van der Waals surface area contributed by atoms with Gasteiger partial charge in [0.15, 0.2) is 5.82 Å². The third-order valence-electron chi connectivity index (χ3n) is 2.55. The monoisotopic (exact) mass is 313 g/mol. The smallest absolute Gasteiger partial charge is 0.151 e. The summed E-state index contributed by atoms with van der Waals surface area (Å²) in [5, 5.41) is 2.61. The Hall–Kier alpha value is -1.79. The molecule has 0 spiro atoms. The van der Waals surface area contributed by atoms with Crippen LogP contribution in [0.25, 0.3) is 0 Å². The fourth-order valence-corrected chi connectivity index (χ4v) is 2.04. The molecule has 0 saturated carbocycles. The Kier molecular flexibility index (Phi) is 4.15. The molecule has 2 aromatic rings. The molecule has 0 unspecified atom stereocenters. The molecule has 0 atom stereocenters. The molecule has 0 fully saturated rings. The van der Waals surface area contributed by atoms with Crippen LogP contribution >= 0.6 is 23.8 Å². The SMILES string of the molecule is Cc1ccc(C(N)=S)c(Nc2c(F)cc(F)cc2Cl)n1. The number of hydrogen-bond acceptors (Lipinski definition) is 3. The third-order valence-corrected chi connectivity index (χ3v) is 3.07. The minimum atomic E-state index is -0.827. The van der Waals surface area contributed by atoms with Gasteiger partial charge in [0.2, 0.25) is 0 Å². The molecule has 0 aliphatic carbocycles. The molecule has 0 bridgehead atoms. The molecule has 1 aromatic heterocycles. The molecule has 0 aliphatic rings.